The molecular weight excluding hydrogens is 274 g/mol. The molecule has 1 aromatic carbocycles. The third kappa shape index (κ3) is 4.47. The largest absolute Gasteiger partial charge is 0.477 e. The summed E-state index contributed by atoms with van der Waals surface area (Å²) in [5.74, 6) is 1.10. The zero-order valence-electron chi connectivity index (χ0n) is 11.7. The van der Waals surface area contributed by atoms with Gasteiger partial charge in [-0.1, -0.05) is 41.9 Å². The molecule has 5 heteroatoms. The Morgan fingerprint density at radius 3 is 2.60 bits per heavy atom. The Morgan fingerprint density at radius 2 is 1.90 bits per heavy atom. The fraction of sp³-hybridized carbons (Fsp3) is 0.333. The van der Waals surface area contributed by atoms with E-state index in [1.807, 2.05) is 44.4 Å². The molecule has 4 nitrogen and oxygen atoms in total. The monoisotopic (exact) mass is 291 g/mol. The highest BCUT2D eigenvalue weighted by atomic mass is 35.5. The molecule has 1 aromatic heterocycles. The molecule has 106 valence electrons. The summed E-state index contributed by atoms with van der Waals surface area (Å²) in [4.78, 5) is 10.7. The fourth-order valence-electron chi connectivity index (χ4n) is 1.74. The van der Waals surface area contributed by atoms with Crippen LogP contribution in [0.3, 0.4) is 0 Å². The summed E-state index contributed by atoms with van der Waals surface area (Å²) in [5.41, 5.74) is 0.924. The molecule has 20 heavy (non-hydrogen) atoms. The van der Waals surface area contributed by atoms with Crippen LogP contribution in [-0.4, -0.2) is 42.1 Å². The van der Waals surface area contributed by atoms with Crippen molar-refractivity contribution in [1.82, 2.24) is 14.9 Å². The summed E-state index contributed by atoms with van der Waals surface area (Å²) in [5, 5.41) is 0.390. The second-order valence-electron chi connectivity index (χ2n) is 4.72. The number of ether oxygens (including phenoxy) is 1. The Balaban J connectivity index is 2.05. The fourth-order valence-corrected chi connectivity index (χ4v) is 1.92. The Morgan fingerprint density at radius 1 is 1.15 bits per heavy atom. The molecule has 0 fully saturated rings. The Kier molecular flexibility index (Phi) is 5.32. The number of aromatic nitrogens is 2. The third-order valence-corrected chi connectivity index (χ3v) is 2.90. The summed E-state index contributed by atoms with van der Waals surface area (Å²) < 4.78 is 5.64. The van der Waals surface area contributed by atoms with Crippen molar-refractivity contribution < 1.29 is 4.74 Å². The maximum absolute atomic E-state index is 6.02. The number of benzene rings is 1. The van der Waals surface area contributed by atoms with Gasteiger partial charge in [0.15, 0.2) is 5.82 Å². The number of hydrogen-bond donors (Lipinski definition) is 0. The van der Waals surface area contributed by atoms with E-state index < -0.39 is 0 Å². The van der Waals surface area contributed by atoms with Gasteiger partial charge in [-0.2, -0.15) is 4.98 Å². The van der Waals surface area contributed by atoms with Crippen LogP contribution in [0, 0.1) is 0 Å². The van der Waals surface area contributed by atoms with Crippen LogP contribution >= 0.6 is 11.6 Å². The number of nitrogens with zero attached hydrogens (tertiary/aromatic N) is 3. The van der Waals surface area contributed by atoms with E-state index in [9.17, 15) is 0 Å². The second kappa shape index (κ2) is 7.22. The van der Waals surface area contributed by atoms with Crippen LogP contribution in [0.4, 0.5) is 0 Å². The first kappa shape index (κ1) is 14.8. The van der Waals surface area contributed by atoms with Crippen LogP contribution in [0.5, 0.6) is 5.88 Å². The minimum atomic E-state index is 0.390. The summed E-state index contributed by atoms with van der Waals surface area (Å²) >= 11 is 6.02. The van der Waals surface area contributed by atoms with Crippen LogP contribution in [0.2, 0.25) is 5.15 Å². The Hall–Kier alpha value is -1.65. The Labute approximate surface area is 124 Å². The SMILES string of the molecule is CN(C)CCCOc1cc(Cl)nc(-c2ccccc2)n1. The van der Waals surface area contributed by atoms with Crippen molar-refractivity contribution in [1.29, 1.82) is 0 Å². The first-order chi connectivity index (χ1) is 9.65. The lowest BCUT2D eigenvalue weighted by atomic mass is 10.2. The zero-order valence-corrected chi connectivity index (χ0v) is 12.5. The molecule has 0 saturated heterocycles. The molecule has 0 amide bonds. The molecular formula is C15H18ClN3O. The molecule has 0 aliphatic rings. The average Bonchev–Trinajstić information content (AvgIpc) is 2.44. The topological polar surface area (TPSA) is 38.2 Å². The molecule has 0 saturated carbocycles. The minimum absolute atomic E-state index is 0.390. The molecule has 0 aliphatic heterocycles. The van der Waals surface area contributed by atoms with Crippen molar-refractivity contribution in [3.05, 3.63) is 41.6 Å². The average molecular weight is 292 g/mol. The van der Waals surface area contributed by atoms with Crippen molar-refractivity contribution in [3.63, 3.8) is 0 Å². The standard InChI is InChI=1S/C15H18ClN3O/c1-19(2)9-6-10-20-14-11-13(16)17-15(18-14)12-7-4-3-5-8-12/h3-5,7-8,11H,6,9-10H2,1-2H3. The Bertz CT molecular complexity index is 546. The highest BCUT2D eigenvalue weighted by Gasteiger charge is 2.06. The highest BCUT2D eigenvalue weighted by Crippen LogP contribution is 2.21. The molecule has 0 bridgehead atoms. The molecule has 0 unspecified atom stereocenters. The quantitative estimate of drug-likeness (QED) is 0.605. The van der Waals surface area contributed by atoms with E-state index >= 15 is 0 Å². The van der Waals surface area contributed by atoms with E-state index in [0.29, 0.717) is 23.5 Å². The van der Waals surface area contributed by atoms with Gasteiger partial charge in [0, 0.05) is 18.2 Å². The van der Waals surface area contributed by atoms with E-state index in [-0.39, 0.29) is 0 Å². The van der Waals surface area contributed by atoms with Gasteiger partial charge in [0.25, 0.3) is 0 Å². The first-order valence-corrected chi connectivity index (χ1v) is 6.90. The van der Waals surface area contributed by atoms with E-state index in [1.54, 1.807) is 6.07 Å². The molecule has 0 atom stereocenters. The highest BCUT2D eigenvalue weighted by molar-refractivity contribution is 6.29. The molecule has 0 radical (unpaired) electrons. The van der Waals surface area contributed by atoms with Gasteiger partial charge in [-0.3, -0.25) is 0 Å². The van der Waals surface area contributed by atoms with Gasteiger partial charge in [0.1, 0.15) is 5.15 Å². The number of hydrogen-bond acceptors (Lipinski definition) is 4. The van der Waals surface area contributed by atoms with Crippen molar-refractivity contribution >= 4 is 11.6 Å². The second-order valence-corrected chi connectivity index (χ2v) is 5.11. The van der Waals surface area contributed by atoms with E-state index in [4.69, 9.17) is 16.3 Å². The van der Waals surface area contributed by atoms with Gasteiger partial charge in [0.2, 0.25) is 5.88 Å². The summed E-state index contributed by atoms with van der Waals surface area (Å²) in [6.07, 6.45) is 0.940. The van der Waals surface area contributed by atoms with Gasteiger partial charge in [0.05, 0.1) is 6.61 Å². The first-order valence-electron chi connectivity index (χ1n) is 6.52. The van der Waals surface area contributed by atoms with Gasteiger partial charge < -0.3 is 9.64 Å². The molecule has 2 rings (SSSR count). The molecule has 0 spiro atoms. The molecule has 1 heterocycles. The van der Waals surface area contributed by atoms with Gasteiger partial charge in [-0.15, -0.1) is 0 Å². The number of halogens is 1. The maximum Gasteiger partial charge on any atom is 0.218 e. The molecule has 0 aliphatic carbocycles. The van der Waals surface area contributed by atoms with E-state index in [2.05, 4.69) is 14.9 Å². The van der Waals surface area contributed by atoms with Crippen molar-refractivity contribution in [2.45, 2.75) is 6.42 Å². The van der Waals surface area contributed by atoms with Crippen molar-refractivity contribution in [3.8, 4) is 17.3 Å². The lowest BCUT2D eigenvalue weighted by Gasteiger charge is -2.10. The molecule has 2 aromatic rings. The zero-order chi connectivity index (χ0) is 14.4. The van der Waals surface area contributed by atoms with E-state index in [1.165, 1.54) is 0 Å². The number of rotatable bonds is 6. The van der Waals surface area contributed by atoms with Crippen LogP contribution in [0.25, 0.3) is 11.4 Å². The predicted octanol–water partition coefficient (Wildman–Crippen LogP) is 3.13. The van der Waals surface area contributed by atoms with Crippen LogP contribution in [0.15, 0.2) is 36.4 Å². The summed E-state index contributed by atoms with van der Waals surface area (Å²) in [6, 6.07) is 11.4. The lowest BCUT2D eigenvalue weighted by Crippen LogP contribution is -2.15. The smallest absolute Gasteiger partial charge is 0.218 e. The van der Waals surface area contributed by atoms with Gasteiger partial charge >= 0.3 is 0 Å². The third-order valence-electron chi connectivity index (χ3n) is 2.70. The maximum atomic E-state index is 6.02. The molecule has 0 N–H and O–H groups in total. The normalized spacial score (nSPS) is 10.8. The minimum Gasteiger partial charge on any atom is -0.477 e. The summed E-state index contributed by atoms with van der Waals surface area (Å²) in [6.45, 7) is 1.59. The van der Waals surface area contributed by atoms with Crippen LogP contribution < -0.4 is 4.74 Å². The predicted molar refractivity (Wildman–Crippen MR) is 81.1 cm³/mol. The van der Waals surface area contributed by atoms with Crippen molar-refractivity contribution in [2.24, 2.45) is 0 Å². The van der Waals surface area contributed by atoms with Crippen LogP contribution in [-0.2, 0) is 0 Å². The summed E-state index contributed by atoms with van der Waals surface area (Å²) in [7, 11) is 4.07. The van der Waals surface area contributed by atoms with Gasteiger partial charge in [-0.05, 0) is 20.5 Å². The lowest BCUT2D eigenvalue weighted by molar-refractivity contribution is 0.273. The van der Waals surface area contributed by atoms with E-state index in [0.717, 1.165) is 18.5 Å². The van der Waals surface area contributed by atoms with Crippen molar-refractivity contribution in [2.75, 3.05) is 27.2 Å². The van der Waals surface area contributed by atoms with Gasteiger partial charge in [-0.25, -0.2) is 4.98 Å². The van der Waals surface area contributed by atoms with Crippen LogP contribution in [0.1, 0.15) is 6.42 Å².